The number of hydrogen-bond acceptors (Lipinski definition) is 3. The van der Waals surface area contributed by atoms with Crippen molar-refractivity contribution >= 4 is 28.3 Å². The molecule has 1 aliphatic carbocycles. The zero-order valence-electron chi connectivity index (χ0n) is 13.1. The van der Waals surface area contributed by atoms with E-state index in [1.807, 2.05) is 35.0 Å². The molecule has 0 spiro atoms. The number of halogens is 1. The second kappa shape index (κ2) is 5.56. The first-order valence-electron chi connectivity index (χ1n) is 7.79. The number of benzene rings is 2. The summed E-state index contributed by atoms with van der Waals surface area (Å²) in [5.74, 6) is -0.190. The first-order chi connectivity index (χ1) is 11.6. The number of methoxy groups -OCH3 is 1. The van der Waals surface area contributed by atoms with Crippen molar-refractivity contribution in [2.45, 2.75) is 18.9 Å². The highest BCUT2D eigenvalue weighted by atomic mass is 35.5. The van der Waals surface area contributed by atoms with Gasteiger partial charge in [-0.25, -0.2) is 4.79 Å². The minimum absolute atomic E-state index is 0.0203. The van der Waals surface area contributed by atoms with Gasteiger partial charge in [0.25, 0.3) is 0 Å². The molecular weight excluding hydrogens is 326 g/mol. The van der Waals surface area contributed by atoms with Gasteiger partial charge in [0.1, 0.15) is 0 Å². The number of aryl methyl sites for hydroxylation is 1. The van der Waals surface area contributed by atoms with Gasteiger partial charge in [-0.3, -0.25) is 0 Å². The van der Waals surface area contributed by atoms with Gasteiger partial charge in [-0.15, -0.1) is 0 Å². The maximum Gasteiger partial charge on any atom is 0.337 e. The second-order valence-electron chi connectivity index (χ2n) is 6.02. The van der Waals surface area contributed by atoms with Crippen molar-refractivity contribution in [3.63, 3.8) is 0 Å². The lowest BCUT2D eigenvalue weighted by molar-refractivity contribution is 0.0600. The molecule has 0 saturated carbocycles. The molecule has 1 atom stereocenters. The molecule has 1 heterocycles. The summed E-state index contributed by atoms with van der Waals surface area (Å²) in [5, 5.41) is 12.8. The molecule has 1 aliphatic rings. The van der Waals surface area contributed by atoms with E-state index in [-0.39, 0.29) is 17.9 Å². The van der Waals surface area contributed by atoms with Crippen LogP contribution in [0.2, 0.25) is 5.02 Å². The molecule has 0 saturated heterocycles. The first-order valence-corrected chi connectivity index (χ1v) is 8.17. The molecule has 0 aliphatic heterocycles. The van der Waals surface area contributed by atoms with Crippen molar-refractivity contribution in [3.05, 3.63) is 64.3 Å². The highest BCUT2D eigenvalue weighted by Gasteiger charge is 2.28. The number of nitrogens with zero attached hydrogens (tertiary/aromatic N) is 1. The molecule has 2 aromatic carbocycles. The van der Waals surface area contributed by atoms with Crippen LogP contribution in [0.3, 0.4) is 0 Å². The van der Waals surface area contributed by atoms with Crippen LogP contribution in [0.15, 0.2) is 42.6 Å². The van der Waals surface area contributed by atoms with Crippen LogP contribution in [0.1, 0.15) is 33.9 Å². The fraction of sp³-hybridized carbons (Fsp3) is 0.211. The molecule has 5 heteroatoms. The maximum absolute atomic E-state index is 11.8. The van der Waals surface area contributed by atoms with Gasteiger partial charge >= 0.3 is 5.97 Å². The summed E-state index contributed by atoms with van der Waals surface area (Å²) in [4.78, 5) is 11.8. The Kier molecular flexibility index (Phi) is 3.50. The highest BCUT2D eigenvalue weighted by Crippen LogP contribution is 2.42. The molecule has 0 bridgehead atoms. The van der Waals surface area contributed by atoms with Crippen molar-refractivity contribution in [3.8, 4) is 5.88 Å². The van der Waals surface area contributed by atoms with Crippen LogP contribution in [-0.4, -0.2) is 22.8 Å². The fourth-order valence-electron chi connectivity index (χ4n) is 3.58. The van der Waals surface area contributed by atoms with E-state index in [1.165, 1.54) is 12.7 Å². The summed E-state index contributed by atoms with van der Waals surface area (Å²) in [6.07, 6.45) is 3.69. The Labute approximate surface area is 144 Å². The van der Waals surface area contributed by atoms with Gasteiger partial charge in [0, 0.05) is 11.6 Å². The number of hydrogen-bond donors (Lipinski definition) is 1. The number of fused-ring (bicyclic) bond motifs is 2. The molecule has 1 N–H and O–H groups in total. The third kappa shape index (κ3) is 2.18. The zero-order valence-corrected chi connectivity index (χ0v) is 13.9. The predicted octanol–water partition coefficient (Wildman–Crippen LogP) is 4.32. The largest absolute Gasteiger partial charge is 0.494 e. The normalized spacial score (nSPS) is 16.3. The van der Waals surface area contributed by atoms with Gasteiger partial charge in [0.05, 0.1) is 29.1 Å². The topological polar surface area (TPSA) is 51.5 Å². The van der Waals surface area contributed by atoms with Gasteiger partial charge in [0.2, 0.25) is 5.88 Å². The predicted molar refractivity (Wildman–Crippen MR) is 92.9 cm³/mol. The van der Waals surface area contributed by atoms with Crippen molar-refractivity contribution in [1.29, 1.82) is 0 Å². The molecule has 3 aromatic rings. The summed E-state index contributed by atoms with van der Waals surface area (Å²) < 4.78 is 6.66. The second-order valence-corrected chi connectivity index (χ2v) is 6.43. The Morgan fingerprint density at radius 1 is 1.33 bits per heavy atom. The van der Waals surface area contributed by atoms with E-state index in [0.29, 0.717) is 16.0 Å². The third-order valence-electron chi connectivity index (χ3n) is 4.74. The van der Waals surface area contributed by atoms with Crippen LogP contribution in [-0.2, 0) is 11.2 Å². The molecule has 0 amide bonds. The fourth-order valence-corrected chi connectivity index (χ4v) is 3.84. The van der Waals surface area contributed by atoms with Crippen molar-refractivity contribution in [1.82, 2.24) is 4.57 Å². The van der Waals surface area contributed by atoms with Gasteiger partial charge in [-0.05, 0) is 42.2 Å². The number of aromatic hydroxyl groups is 1. The lowest BCUT2D eigenvalue weighted by atomic mass is 10.0. The van der Waals surface area contributed by atoms with Crippen LogP contribution in [0.4, 0.5) is 0 Å². The summed E-state index contributed by atoms with van der Waals surface area (Å²) in [7, 11) is 1.37. The molecule has 0 radical (unpaired) electrons. The highest BCUT2D eigenvalue weighted by molar-refractivity contribution is 6.36. The number of ether oxygens (including phenoxy) is 1. The Balaban J connectivity index is 1.85. The maximum atomic E-state index is 11.8. The van der Waals surface area contributed by atoms with Crippen LogP contribution in [0.25, 0.3) is 10.8 Å². The number of carbonyl (C=O) groups excluding carboxylic acids is 1. The molecule has 122 valence electrons. The monoisotopic (exact) mass is 341 g/mol. The molecule has 0 fully saturated rings. The zero-order chi connectivity index (χ0) is 16.8. The smallest absolute Gasteiger partial charge is 0.337 e. The lowest BCUT2D eigenvalue weighted by Crippen LogP contribution is -2.07. The molecule has 4 nitrogen and oxygen atoms in total. The van der Waals surface area contributed by atoms with Crippen LogP contribution < -0.4 is 0 Å². The molecule has 1 aromatic heterocycles. The van der Waals surface area contributed by atoms with Gasteiger partial charge < -0.3 is 14.4 Å². The molecule has 0 unspecified atom stereocenters. The van der Waals surface area contributed by atoms with Crippen LogP contribution in [0, 0.1) is 0 Å². The number of carbonyl (C=O) groups is 1. The Morgan fingerprint density at radius 3 is 2.92 bits per heavy atom. The number of rotatable bonds is 2. The van der Waals surface area contributed by atoms with Gasteiger partial charge in [0.15, 0.2) is 0 Å². The van der Waals surface area contributed by atoms with Crippen molar-refractivity contribution in [2.75, 3.05) is 7.11 Å². The SMILES string of the molecule is COC(=O)c1ccc2c(c1)[C@H](n1cc3cccc(Cl)c3c1O)CC2. The lowest BCUT2D eigenvalue weighted by Gasteiger charge is -2.16. The third-order valence-corrected chi connectivity index (χ3v) is 5.06. The van der Waals surface area contributed by atoms with Gasteiger partial charge in [-0.1, -0.05) is 29.8 Å². The molecule has 24 heavy (non-hydrogen) atoms. The van der Waals surface area contributed by atoms with E-state index in [9.17, 15) is 9.90 Å². The standard InChI is InChI=1S/C19H16ClNO3/c1-24-19(23)12-6-5-11-7-8-16(14(11)9-12)21-10-13-3-2-4-15(20)17(13)18(21)22/h2-6,9-10,16,22H,7-8H2,1H3/t16-/m1/s1. The Bertz CT molecular complexity index is 961. The molecular formula is C19H16ClNO3. The minimum atomic E-state index is -0.353. The van der Waals surface area contributed by atoms with E-state index in [4.69, 9.17) is 16.3 Å². The first kappa shape index (κ1) is 15.1. The average molecular weight is 342 g/mol. The summed E-state index contributed by atoms with van der Waals surface area (Å²) >= 11 is 6.23. The van der Waals surface area contributed by atoms with Crippen LogP contribution >= 0.6 is 11.6 Å². The quantitative estimate of drug-likeness (QED) is 0.706. The Morgan fingerprint density at radius 2 is 2.17 bits per heavy atom. The average Bonchev–Trinajstić information content (AvgIpc) is 3.15. The van der Waals surface area contributed by atoms with Crippen molar-refractivity contribution < 1.29 is 14.6 Å². The summed E-state index contributed by atoms with van der Waals surface area (Å²) in [5.41, 5.74) is 2.76. The number of aromatic nitrogens is 1. The minimum Gasteiger partial charge on any atom is -0.494 e. The van der Waals surface area contributed by atoms with E-state index in [2.05, 4.69) is 0 Å². The van der Waals surface area contributed by atoms with Crippen LogP contribution in [0.5, 0.6) is 5.88 Å². The number of esters is 1. The van der Waals surface area contributed by atoms with E-state index >= 15 is 0 Å². The van der Waals surface area contributed by atoms with E-state index in [0.717, 1.165) is 23.8 Å². The Hall–Kier alpha value is -2.46. The molecule has 4 rings (SSSR count). The van der Waals surface area contributed by atoms with E-state index in [1.54, 1.807) is 12.1 Å². The summed E-state index contributed by atoms with van der Waals surface area (Å²) in [6.45, 7) is 0. The summed E-state index contributed by atoms with van der Waals surface area (Å²) in [6, 6.07) is 11.2. The van der Waals surface area contributed by atoms with E-state index < -0.39 is 0 Å². The van der Waals surface area contributed by atoms with Gasteiger partial charge in [-0.2, -0.15) is 0 Å². The van der Waals surface area contributed by atoms with Crippen molar-refractivity contribution in [2.24, 2.45) is 0 Å².